The van der Waals surface area contributed by atoms with Crippen LogP contribution in [0.25, 0.3) is 5.69 Å². The van der Waals surface area contributed by atoms with Crippen molar-refractivity contribution in [1.29, 1.82) is 0 Å². The number of hydrogen-bond acceptors (Lipinski definition) is 6. The number of carbonyl (C=O) groups excluding carboxylic acids is 1. The fourth-order valence-corrected chi connectivity index (χ4v) is 3.26. The molecule has 0 bridgehead atoms. The number of ether oxygens (including phenoxy) is 1. The van der Waals surface area contributed by atoms with Crippen LogP contribution in [0.5, 0.6) is 5.75 Å². The molecule has 0 aliphatic heterocycles. The Morgan fingerprint density at radius 1 is 1.33 bits per heavy atom. The third-order valence-corrected chi connectivity index (χ3v) is 5.31. The molecule has 0 aliphatic rings. The molecule has 178 valence electrons. The molecule has 0 fully saturated rings. The van der Waals surface area contributed by atoms with Crippen LogP contribution in [-0.4, -0.2) is 27.7 Å². The second-order valence-corrected chi connectivity index (χ2v) is 9.02. The summed E-state index contributed by atoms with van der Waals surface area (Å²) in [7, 11) is 1.58. The highest BCUT2D eigenvalue weighted by atomic mass is 35.5. The van der Waals surface area contributed by atoms with Crippen LogP contribution in [0.3, 0.4) is 0 Å². The van der Waals surface area contributed by atoms with E-state index in [0.29, 0.717) is 34.8 Å². The Labute approximate surface area is 197 Å². The van der Waals surface area contributed by atoms with Gasteiger partial charge in [-0.1, -0.05) is 39.3 Å². The van der Waals surface area contributed by atoms with Gasteiger partial charge in [0.15, 0.2) is 0 Å². The Hall–Kier alpha value is -3.33. The summed E-state index contributed by atoms with van der Waals surface area (Å²) >= 11 is 6.52. The highest BCUT2D eigenvalue weighted by molar-refractivity contribution is 6.32. The van der Waals surface area contributed by atoms with Crippen LogP contribution >= 0.6 is 11.6 Å². The number of nitrogen functional groups attached to an aromatic ring is 1. The van der Waals surface area contributed by atoms with Crippen LogP contribution in [-0.2, 0) is 4.79 Å². The lowest BCUT2D eigenvalue weighted by atomic mass is 9.85. The Balaban J connectivity index is 2.61. The normalized spacial score (nSPS) is 12.9. The topological polar surface area (TPSA) is 132 Å². The van der Waals surface area contributed by atoms with Crippen molar-refractivity contribution in [2.75, 3.05) is 12.8 Å². The summed E-state index contributed by atoms with van der Waals surface area (Å²) in [5, 5.41) is 6.72. The molecule has 0 unspecified atom stereocenters. The van der Waals surface area contributed by atoms with Gasteiger partial charge in [0.25, 0.3) is 5.56 Å². The van der Waals surface area contributed by atoms with Gasteiger partial charge in [-0.05, 0) is 55.0 Å². The summed E-state index contributed by atoms with van der Waals surface area (Å²) < 4.78 is 7.17. The number of rotatable bonds is 6. The summed E-state index contributed by atoms with van der Waals surface area (Å²) in [6, 6.07) is 3.13. The van der Waals surface area contributed by atoms with Crippen LogP contribution in [0, 0.1) is 12.3 Å². The van der Waals surface area contributed by atoms with E-state index in [1.54, 1.807) is 26.1 Å². The number of benzene rings is 1. The predicted octanol–water partition coefficient (Wildman–Crippen LogP) is 3.25. The van der Waals surface area contributed by atoms with Gasteiger partial charge in [0.1, 0.15) is 11.5 Å². The summed E-state index contributed by atoms with van der Waals surface area (Å²) in [4.78, 5) is 38.3. The van der Waals surface area contributed by atoms with Gasteiger partial charge in [-0.25, -0.2) is 4.79 Å². The van der Waals surface area contributed by atoms with Crippen LogP contribution in [0.15, 0.2) is 44.7 Å². The summed E-state index contributed by atoms with van der Waals surface area (Å²) in [5.74, 6) is 0.329. The maximum atomic E-state index is 12.5. The molecule has 4 N–H and O–H groups in total. The van der Waals surface area contributed by atoms with Crippen molar-refractivity contribution in [1.82, 2.24) is 20.1 Å². The van der Waals surface area contributed by atoms with E-state index < -0.39 is 16.7 Å². The first kappa shape index (κ1) is 25.9. The second-order valence-electron chi connectivity index (χ2n) is 8.62. The van der Waals surface area contributed by atoms with E-state index in [2.05, 4.69) is 15.4 Å². The lowest BCUT2D eigenvalue weighted by molar-refractivity contribution is -0.117. The minimum atomic E-state index is -0.763. The Kier molecular flexibility index (Phi) is 7.92. The number of halogens is 1. The largest absolute Gasteiger partial charge is 0.456 e. The number of aryl methyl sites for hydroxylation is 1. The third kappa shape index (κ3) is 5.92. The number of nitrogens with zero attached hydrogens (tertiary/aromatic N) is 2. The Bertz CT molecular complexity index is 1230. The maximum Gasteiger partial charge on any atom is 0.349 e. The first-order valence-electron chi connectivity index (χ1n) is 10.4. The number of hydrogen-bond donors (Lipinski definition) is 3. The van der Waals surface area contributed by atoms with Gasteiger partial charge in [0, 0.05) is 12.6 Å². The number of anilines is 1. The average Bonchev–Trinajstić information content (AvgIpc) is 2.73. The molecule has 2 aromatic rings. The van der Waals surface area contributed by atoms with Gasteiger partial charge >= 0.3 is 5.69 Å². The van der Waals surface area contributed by atoms with E-state index in [0.717, 1.165) is 10.3 Å². The van der Waals surface area contributed by atoms with Crippen LogP contribution in [0.2, 0.25) is 5.02 Å². The first-order chi connectivity index (χ1) is 15.3. The Morgan fingerprint density at radius 3 is 2.48 bits per heavy atom. The molecule has 1 heterocycles. The van der Waals surface area contributed by atoms with Crippen molar-refractivity contribution in [2.45, 2.75) is 48.0 Å². The predicted molar refractivity (Wildman–Crippen MR) is 130 cm³/mol. The fraction of sp³-hybridized carbons (Fsp3) is 0.391. The first-order valence-corrected chi connectivity index (χ1v) is 10.8. The lowest BCUT2D eigenvalue weighted by Gasteiger charge is -2.23. The van der Waals surface area contributed by atoms with Gasteiger partial charge in [-0.3, -0.25) is 14.6 Å². The number of allylic oxidation sites excluding steroid dienone is 2. The summed E-state index contributed by atoms with van der Waals surface area (Å²) in [6.07, 6.45) is 2.43. The lowest BCUT2D eigenvalue weighted by Crippen LogP contribution is -2.33. The van der Waals surface area contributed by atoms with Crippen LogP contribution in [0.4, 0.5) is 5.82 Å². The smallest absolute Gasteiger partial charge is 0.349 e. The van der Waals surface area contributed by atoms with E-state index >= 15 is 0 Å². The number of aromatic nitrogens is 3. The van der Waals surface area contributed by atoms with E-state index in [1.165, 1.54) is 6.07 Å². The molecule has 9 nitrogen and oxygen atoms in total. The molecule has 2 rings (SSSR count). The number of H-pyrrole nitrogens is 1. The highest BCUT2D eigenvalue weighted by Crippen LogP contribution is 2.35. The van der Waals surface area contributed by atoms with Gasteiger partial charge in [-0.15, -0.1) is 5.10 Å². The van der Waals surface area contributed by atoms with Gasteiger partial charge in [0.05, 0.1) is 10.7 Å². The Morgan fingerprint density at radius 2 is 1.97 bits per heavy atom. The summed E-state index contributed by atoms with van der Waals surface area (Å²) in [5.41, 5.74) is 6.01. The van der Waals surface area contributed by atoms with E-state index in [1.807, 2.05) is 34.6 Å². The van der Waals surface area contributed by atoms with Crippen LogP contribution < -0.4 is 27.0 Å². The fourth-order valence-electron chi connectivity index (χ4n) is 2.96. The highest BCUT2D eigenvalue weighted by Gasteiger charge is 2.24. The maximum absolute atomic E-state index is 12.5. The number of amides is 1. The van der Waals surface area contributed by atoms with E-state index in [4.69, 9.17) is 22.1 Å². The molecule has 0 atom stereocenters. The van der Waals surface area contributed by atoms with E-state index in [-0.39, 0.29) is 16.7 Å². The second kappa shape index (κ2) is 10.1. The van der Waals surface area contributed by atoms with Crippen LogP contribution in [0.1, 0.15) is 46.6 Å². The van der Waals surface area contributed by atoms with Gasteiger partial charge < -0.3 is 15.8 Å². The molecule has 1 aromatic carbocycles. The molecule has 0 saturated carbocycles. The minimum Gasteiger partial charge on any atom is -0.456 e. The molecule has 10 heteroatoms. The molecule has 1 aromatic heterocycles. The molecule has 1 amide bonds. The number of nitrogens with two attached hydrogens (primary N) is 1. The number of likely N-dealkylation sites (N-methyl/N-ethyl adjacent to an activating group) is 1. The van der Waals surface area contributed by atoms with Crippen molar-refractivity contribution in [2.24, 2.45) is 5.41 Å². The van der Waals surface area contributed by atoms with Gasteiger partial charge in [0.2, 0.25) is 11.7 Å². The van der Waals surface area contributed by atoms with Crippen molar-refractivity contribution in [3.63, 3.8) is 0 Å². The molecule has 0 aliphatic carbocycles. The zero-order chi connectivity index (χ0) is 25.1. The molecular weight excluding hydrogens is 446 g/mol. The molecule has 33 heavy (non-hydrogen) atoms. The van der Waals surface area contributed by atoms with Crippen molar-refractivity contribution >= 4 is 23.3 Å². The van der Waals surface area contributed by atoms with Crippen molar-refractivity contribution in [3.05, 3.63) is 66.5 Å². The average molecular weight is 476 g/mol. The minimum absolute atomic E-state index is 0.202. The number of aromatic amines is 1. The molecule has 0 radical (unpaired) electrons. The van der Waals surface area contributed by atoms with Crippen molar-refractivity contribution in [3.8, 4) is 11.4 Å². The zero-order valence-electron chi connectivity index (χ0n) is 19.9. The number of nitrogens with one attached hydrogen (secondary N) is 2. The monoisotopic (exact) mass is 475 g/mol. The quantitative estimate of drug-likeness (QED) is 0.334. The third-order valence-electron chi connectivity index (χ3n) is 5.03. The molecular formula is C23H30ClN5O4. The van der Waals surface area contributed by atoms with E-state index in [9.17, 15) is 14.4 Å². The molecule has 0 saturated heterocycles. The SMILES string of the molecule is CC/C(C)=C(/C=C(\C(=O)NC)C(C)(C)C)Oc1c(C)cc(-n2nc(N)c(=O)[nH]c2=O)cc1Cl. The molecule has 0 spiro atoms. The standard InChI is InChI=1S/C23H30ClN5O4/c1-8-12(2)17(11-15(20(30)26-7)23(4,5)6)33-18-13(3)9-14(10-16(18)24)29-22(32)27-21(31)19(25)28-29/h9-11H,8H2,1-7H3,(H2,25,28)(H,26,30)(H,27,31,32)/b15-11+,17-12-. The van der Waals surface area contributed by atoms with Gasteiger partial charge in [-0.2, -0.15) is 4.68 Å². The number of carbonyl (C=O) groups is 1. The van der Waals surface area contributed by atoms with Crippen molar-refractivity contribution < 1.29 is 9.53 Å². The zero-order valence-corrected chi connectivity index (χ0v) is 20.7. The summed E-state index contributed by atoms with van der Waals surface area (Å²) in [6.45, 7) is 11.5.